The molecule has 11 heavy (non-hydrogen) atoms. The molecule has 0 amide bonds. The first kappa shape index (κ1) is 7.67. The van der Waals surface area contributed by atoms with E-state index < -0.39 is 4.92 Å². The number of imidazole rings is 1. The van der Waals surface area contributed by atoms with Crippen molar-refractivity contribution in [2.45, 2.75) is 6.54 Å². The van der Waals surface area contributed by atoms with Crippen molar-refractivity contribution in [1.29, 1.82) is 0 Å². The van der Waals surface area contributed by atoms with E-state index >= 15 is 0 Å². The molecule has 1 heterocycles. The third-order valence-electron chi connectivity index (χ3n) is 1.43. The molecule has 0 aliphatic heterocycles. The number of nitrogens with zero attached hydrogens (tertiary/aromatic N) is 3. The second-order valence-electron chi connectivity index (χ2n) is 2.05. The van der Waals surface area contributed by atoms with Crippen molar-refractivity contribution in [2.24, 2.45) is 12.8 Å². The average Bonchev–Trinajstić information content (AvgIpc) is 2.30. The first-order valence-corrected chi connectivity index (χ1v) is 3.02. The number of rotatable bonds is 2. The zero-order valence-corrected chi connectivity index (χ0v) is 6.02. The molecule has 1 rings (SSSR count). The van der Waals surface area contributed by atoms with Crippen molar-refractivity contribution in [1.82, 2.24) is 9.55 Å². The molecule has 0 saturated carbocycles. The fourth-order valence-corrected chi connectivity index (χ4v) is 0.797. The van der Waals surface area contributed by atoms with Crippen LogP contribution in [-0.4, -0.2) is 14.5 Å². The molecule has 0 bridgehead atoms. The summed E-state index contributed by atoms with van der Waals surface area (Å²) in [5.74, 6) is 0.474. The monoisotopic (exact) mass is 156 g/mol. The Morgan fingerprint density at radius 1 is 1.91 bits per heavy atom. The van der Waals surface area contributed by atoms with E-state index in [1.54, 1.807) is 7.05 Å². The molecule has 2 N–H and O–H groups in total. The van der Waals surface area contributed by atoms with E-state index in [1.165, 1.54) is 10.8 Å². The van der Waals surface area contributed by atoms with Gasteiger partial charge < -0.3 is 15.8 Å². The lowest BCUT2D eigenvalue weighted by Crippen LogP contribution is -2.06. The van der Waals surface area contributed by atoms with Crippen LogP contribution in [0.3, 0.4) is 0 Å². The SMILES string of the molecule is Cn1c([N+](=O)[O-])cnc1CN. The number of hydrogen-bond acceptors (Lipinski definition) is 4. The van der Waals surface area contributed by atoms with Crippen molar-refractivity contribution in [3.63, 3.8) is 0 Å². The average molecular weight is 156 g/mol. The summed E-state index contributed by atoms with van der Waals surface area (Å²) < 4.78 is 1.36. The molecule has 6 heteroatoms. The minimum Gasteiger partial charge on any atom is -0.358 e. The highest BCUT2D eigenvalue weighted by Gasteiger charge is 2.13. The highest BCUT2D eigenvalue weighted by molar-refractivity contribution is 5.18. The maximum absolute atomic E-state index is 10.3. The van der Waals surface area contributed by atoms with E-state index in [-0.39, 0.29) is 12.4 Å². The predicted molar refractivity (Wildman–Crippen MR) is 37.8 cm³/mol. The molecule has 0 fully saturated rings. The second kappa shape index (κ2) is 2.67. The topological polar surface area (TPSA) is 87.0 Å². The molecule has 0 aromatic carbocycles. The first-order valence-electron chi connectivity index (χ1n) is 3.02. The predicted octanol–water partition coefficient (Wildman–Crippen LogP) is -0.213. The zero-order valence-electron chi connectivity index (χ0n) is 6.02. The van der Waals surface area contributed by atoms with Crippen LogP contribution in [0, 0.1) is 10.1 Å². The molecule has 0 atom stereocenters. The lowest BCUT2D eigenvalue weighted by Gasteiger charge is -1.94. The molecule has 6 nitrogen and oxygen atoms in total. The van der Waals surface area contributed by atoms with E-state index in [2.05, 4.69) is 4.98 Å². The minimum atomic E-state index is -0.494. The Bertz CT molecular complexity index is 280. The van der Waals surface area contributed by atoms with Gasteiger partial charge in [-0.25, -0.2) is 9.55 Å². The lowest BCUT2D eigenvalue weighted by atomic mass is 10.6. The maximum Gasteiger partial charge on any atom is 0.342 e. The maximum atomic E-state index is 10.3. The van der Waals surface area contributed by atoms with Crippen LogP contribution < -0.4 is 5.73 Å². The molecule has 0 aliphatic rings. The number of nitrogens with two attached hydrogens (primary N) is 1. The highest BCUT2D eigenvalue weighted by Crippen LogP contribution is 2.10. The van der Waals surface area contributed by atoms with Gasteiger partial charge in [0, 0.05) is 0 Å². The van der Waals surface area contributed by atoms with Crippen LogP contribution in [0.15, 0.2) is 6.20 Å². The van der Waals surface area contributed by atoms with Crippen molar-refractivity contribution >= 4 is 5.82 Å². The third kappa shape index (κ3) is 1.20. The Morgan fingerprint density at radius 2 is 2.55 bits per heavy atom. The summed E-state index contributed by atoms with van der Waals surface area (Å²) in [6, 6.07) is 0. The second-order valence-corrected chi connectivity index (χ2v) is 2.05. The summed E-state index contributed by atoms with van der Waals surface area (Å²) in [6.07, 6.45) is 1.20. The molecule has 0 unspecified atom stereocenters. The molecule has 0 saturated heterocycles. The minimum absolute atomic E-state index is 0.0366. The van der Waals surface area contributed by atoms with Gasteiger partial charge in [-0.05, 0) is 4.92 Å². The largest absolute Gasteiger partial charge is 0.358 e. The van der Waals surface area contributed by atoms with E-state index in [9.17, 15) is 10.1 Å². The van der Waals surface area contributed by atoms with E-state index in [0.29, 0.717) is 5.82 Å². The van der Waals surface area contributed by atoms with Gasteiger partial charge in [0.2, 0.25) is 5.82 Å². The zero-order chi connectivity index (χ0) is 8.43. The number of nitro groups is 1. The molecule has 0 aliphatic carbocycles. The Morgan fingerprint density at radius 3 is 2.82 bits per heavy atom. The lowest BCUT2D eigenvalue weighted by molar-refractivity contribution is -0.391. The number of hydrogen-bond donors (Lipinski definition) is 1. The summed E-state index contributed by atoms with van der Waals surface area (Å²) in [7, 11) is 1.56. The van der Waals surface area contributed by atoms with Crippen LogP contribution in [0.2, 0.25) is 0 Å². The third-order valence-corrected chi connectivity index (χ3v) is 1.43. The number of aromatic nitrogens is 2. The van der Waals surface area contributed by atoms with Crippen LogP contribution in [0.4, 0.5) is 5.82 Å². The molecular weight excluding hydrogens is 148 g/mol. The van der Waals surface area contributed by atoms with Crippen LogP contribution in [-0.2, 0) is 13.6 Å². The van der Waals surface area contributed by atoms with E-state index in [0.717, 1.165) is 0 Å². The fourth-order valence-electron chi connectivity index (χ4n) is 0.797. The smallest absolute Gasteiger partial charge is 0.342 e. The highest BCUT2D eigenvalue weighted by atomic mass is 16.6. The van der Waals surface area contributed by atoms with Crippen molar-refractivity contribution in [2.75, 3.05) is 0 Å². The summed E-state index contributed by atoms with van der Waals surface area (Å²) in [5.41, 5.74) is 5.26. The Kier molecular flexibility index (Phi) is 1.86. The van der Waals surface area contributed by atoms with Crippen LogP contribution >= 0.6 is 0 Å². The van der Waals surface area contributed by atoms with Crippen LogP contribution in [0.5, 0.6) is 0 Å². The molecule has 60 valence electrons. The molecular formula is C5H8N4O2. The van der Waals surface area contributed by atoms with Gasteiger partial charge in [-0.15, -0.1) is 0 Å². The van der Waals surface area contributed by atoms with Gasteiger partial charge >= 0.3 is 5.82 Å². The summed E-state index contributed by atoms with van der Waals surface area (Å²) in [5, 5.41) is 10.3. The molecule has 0 radical (unpaired) electrons. The van der Waals surface area contributed by atoms with Crippen LogP contribution in [0.25, 0.3) is 0 Å². The van der Waals surface area contributed by atoms with Gasteiger partial charge in [0.05, 0.1) is 13.6 Å². The normalized spacial score (nSPS) is 10.0. The Hall–Kier alpha value is -1.43. The summed E-state index contributed by atoms with van der Waals surface area (Å²) in [4.78, 5) is 13.5. The van der Waals surface area contributed by atoms with E-state index in [4.69, 9.17) is 5.73 Å². The van der Waals surface area contributed by atoms with Crippen LogP contribution in [0.1, 0.15) is 5.82 Å². The van der Waals surface area contributed by atoms with Gasteiger partial charge in [-0.2, -0.15) is 0 Å². The Labute approximate surface area is 62.8 Å². The van der Waals surface area contributed by atoms with Gasteiger partial charge in [-0.3, -0.25) is 0 Å². The standard InChI is InChI=1S/C5H8N4O2/c1-8-4(2-6)7-3-5(8)9(10)11/h3H,2,6H2,1H3. The summed E-state index contributed by atoms with van der Waals surface area (Å²) >= 11 is 0. The van der Waals surface area contributed by atoms with Gasteiger partial charge in [-0.1, -0.05) is 0 Å². The van der Waals surface area contributed by atoms with E-state index in [1.807, 2.05) is 0 Å². The quantitative estimate of drug-likeness (QED) is 0.474. The Balaban J connectivity index is 3.10. The first-order chi connectivity index (χ1) is 5.16. The summed E-state index contributed by atoms with van der Waals surface area (Å²) in [6.45, 7) is 0.213. The molecule has 1 aromatic heterocycles. The van der Waals surface area contributed by atoms with Crippen molar-refractivity contribution < 1.29 is 4.92 Å². The molecule has 0 spiro atoms. The molecule has 1 aromatic rings. The fraction of sp³-hybridized carbons (Fsp3) is 0.400. The van der Waals surface area contributed by atoms with Crippen molar-refractivity contribution in [3.8, 4) is 0 Å². The van der Waals surface area contributed by atoms with Gasteiger partial charge in [0.15, 0.2) is 0 Å². The van der Waals surface area contributed by atoms with Gasteiger partial charge in [0.1, 0.15) is 6.20 Å². The van der Waals surface area contributed by atoms with Crippen molar-refractivity contribution in [3.05, 3.63) is 22.1 Å². The van der Waals surface area contributed by atoms with Gasteiger partial charge in [0.25, 0.3) is 0 Å².